The molecule has 19 nitrogen and oxygen atoms in total. The molecule has 0 aromatic carbocycles. The Labute approximate surface area is 231 Å². The number of fused-ring (bicyclic) bond motifs is 4. The van der Waals surface area contributed by atoms with Gasteiger partial charge >= 0.3 is 15.6 Å². The van der Waals surface area contributed by atoms with Crippen LogP contribution in [0, 0.1) is 11.8 Å². The Kier molecular flexibility index (Phi) is 7.42. The van der Waals surface area contributed by atoms with Crippen LogP contribution in [-0.4, -0.2) is 81.8 Å². The van der Waals surface area contributed by atoms with Crippen molar-refractivity contribution in [2.75, 3.05) is 24.3 Å². The van der Waals surface area contributed by atoms with E-state index in [-0.39, 0.29) is 36.2 Å². The second kappa shape index (κ2) is 10.8. The van der Waals surface area contributed by atoms with Crippen molar-refractivity contribution in [3.8, 4) is 0 Å². The minimum atomic E-state index is -4.73. The first-order valence-corrected chi connectivity index (χ1v) is 15.5. The zero-order chi connectivity index (χ0) is 28.9. The van der Waals surface area contributed by atoms with E-state index in [0.717, 1.165) is 0 Å². The topological polar surface area (TPSA) is 261 Å². The highest BCUT2D eigenvalue weighted by atomic mass is 31.2. The monoisotopic (exact) mass is 615 g/mol. The summed E-state index contributed by atoms with van der Waals surface area (Å²) < 4.78 is 55.4. The fourth-order valence-corrected chi connectivity index (χ4v) is 7.33. The third-order valence-electron chi connectivity index (χ3n) is 7.26. The summed E-state index contributed by atoms with van der Waals surface area (Å²) >= 11 is 0. The van der Waals surface area contributed by atoms with Crippen LogP contribution < -0.4 is 16.6 Å². The number of nitrogens with two attached hydrogens (primary N) is 1. The molecule has 2 unspecified atom stereocenters. The Morgan fingerprint density at radius 2 is 1.80 bits per heavy atom. The maximum Gasteiger partial charge on any atom is 0.472 e. The Balaban J connectivity index is 1.28. The fourth-order valence-electron chi connectivity index (χ4n) is 5.29. The molecule has 3 aromatic heterocycles. The maximum absolute atomic E-state index is 13.2. The third-order valence-corrected chi connectivity index (χ3v) is 9.26. The van der Waals surface area contributed by atoms with Crippen LogP contribution in [0.3, 0.4) is 0 Å². The lowest BCUT2D eigenvalue weighted by atomic mass is 10.0. The summed E-state index contributed by atoms with van der Waals surface area (Å²) in [6, 6.07) is -0.315. The van der Waals surface area contributed by atoms with Crippen LogP contribution >= 0.6 is 15.6 Å². The molecular weight excluding hydrogens is 588 g/mol. The van der Waals surface area contributed by atoms with Gasteiger partial charge in [0.2, 0.25) is 11.9 Å². The highest BCUT2D eigenvalue weighted by Gasteiger charge is 2.50. The van der Waals surface area contributed by atoms with Crippen LogP contribution in [0.25, 0.3) is 11.2 Å². The summed E-state index contributed by atoms with van der Waals surface area (Å²) in [5.41, 5.74) is 5.10. The van der Waals surface area contributed by atoms with Crippen LogP contribution in [0.5, 0.6) is 0 Å². The van der Waals surface area contributed by atoms with E-state index >= 15 is 0 Å². The molecule has 21 heteroatoms. The number of ether oxygens (including phenoxy) is 1. The number of imidazole rings is 1. The van der Waals surface area contributed by atoms with Gasteiger partial charge in [-0.3, -0.25) is 32.4 Å². The molecule has 3 fully saturated rings. The number of hydrogen-bond acceptors (Lipinski definition) is 15. The number of phosphoric ester groups is 2. The van der Waals surface area contributed by atoms with Crippen LogP contribution in [0.2, 0.25) is 0 Å². The van der Waals surface area contributed by atoms with Crippen LogP contribution in [0.4, 0.5) is 11.9 Å². The standard InChI is InChI=1S/C20H27N9O10P2/c1-9-13-5-36-40(31,32)38-12-3-11(26-20-23-6-22-7-24-20)2-10(12)4-35-41(33,34)39-15(9)18(37-13)29-8-25-14-16(29)27-19(21)28-17(14)30/h6-13,15,18H,2-5H2,1H3,(H,31,32)(H,33,34)(H3,21,27,28,30)(H,22,23,24,26)/t9-,10-,11-,12+,13-,15-,18-/m1/s1. The number of aromatic nitrogens is 7. The lowest BCUT2D eigenvalue weighted by Gasteiger charge is -2.26. The summed E-state index contributed by atoms with van der Waals surface area (Å²) in [7, 11) is -9.35. The van der Waals surface area contributed by atoms with Crippen molar-refractivity contribution >= 4 is 38.7 Å². The van der Waals surface area contributed by atoms with E-state index in [1.807, 2.05) is 0 Å². The van der Waals surface area contributed by atoms with Crippen LogP contribution in [0.1, 0.15) is 26.0 Å². The number of phosphoric acid groups is 2. The van der Waals surface area contributed by atoms with E-state index in [0.29, 0.717) is 12.4 Å². The molecule has 0 spiro atoms. The molecule has 5 heterocycles. The van der Waals surface area contributed by atoms with Gasteiger partial charge in [0, 0.05) is 17.9 Å². The number of nitrogens with one attached hydrogen (secondary N) is 2. The number of aromatic amines is 1. The number of anilines is 2. The maximum atomic E-state index is 13.2. The van der Waals surface area contributed by atoms with Gasteiger partial charge in [-0.2, -0.15) is 4.98 Å². The largest absolute Gasteiger partial charge is 0.472 e. The highest BCUT2D eigenvalue weighted by molar-refractivity contribution is 7.47. The third kappa shape index (κ3) is 5.90. The molecule has 2 bridgehead atoms. The number of hydrogen-bond donors (Lipinski definition) is 5. The van der Waals surface area contributed by atoms with Gasteiger partial charge in [0.05, 0.1) is 31.7 Å². The van der Waals surface area contributed by atoms with E-state index in [1.54, 1.807) is 6.92 Å². The molecule has 0 amide bonds. The fraction of sp³-hybridized carbons (Fsp3) is 0.600. The predicted molar refractivity (Wildman–Crippen MR) is 137 cm³/mol. The van der Waals surface area contributed by atoms with E-state index in [9.17, 15) is 23.7 Å². The first kappa shape index (κ1) is 28.3. The van der Waals surface area contributed by atoms with Crippen molar-refractivity contribution in [2.24, 2.45) is 11.8 Å². The Bertz CT molecular complexity index is 1570. The SMILES string of the molecule is C[C@H]1[C@H]2OP(=O)(O)OC[C@H]3C[C@@H](Nc4ncncn4)C[C@@H]3OP(=O)(O)OC[C@H]1O[C@H]2n1cnc2c(=O)[nH]c(N)nc21. The summed E-state index contributed by atoms with van der Waals surface area (Å²) in [4.78, 5) is 55.9. The molecule has 3 aliphatic rings. The second-order valence-electron chi connectivity index (χ2n) is 9.98. The van der Waals surface area contributed by atoms with Gasteiger partial charge in [-0.15, -0.1) is 0 Å². The Hall–Kier alpha value is -2.86. The van der Waals surface area contributed by atoms with Crippen molar-refractivity contribution in [1.29, 1.82) is 0 Å². The average molecular weight is 615 g/mol. The quantitative estimate of drug-likeness (QED) is 0.249. The van der Waals surface area contributed by atoms with Gasteiger partial charge in [0.1, 0.15) is 18.8 Å². The van der Waals surface area contributed by atoms with Crippen molar-refractivity contribution in [3.05, 3.63) is 29.3 Å². The van der Waals surface area contributed by atoms with Crippen molar-refractivity contribution in [2.45, 2.75) is 50.3 Å². The van der Waals surface area contributed by atoms with Crippen molar-refractivity contribution < 1.29 is 41.7 Å². The molecule has 9 atom stereocenters. The van der Waals surface area contributed by atoms with E-state index in [4.69, 9.17) is 28.6 Å². The minimum absolute atomic E-state index is 0.0371. The molecule has 6 N–H and O–H groups in total. The van der Waals surface area contributed by atoms with Gasteiger partial charge in [-0.1, -0.05) is 6.92 Å². The first-order chi connectivity index (χ1) is 19.5. The molecule has 3 aromatic rings. The second-order valence-corrected chi connectivity index (χ2v) is 12.8. The van der Waals surface area contributed by atoms with Gasteiger partial charge in [0.25, 0.3) is 5.56 Å². The summed E-state index contributed by atoms with van der Waals surface area (Å²) in [5, 5.41) is 3.09. The van der Waals surface area contributed by atoms with Crippen LogP contribution in [0.15, 0.2) is 23.8 Å². The minimum Gasteiger partial charge on any atom is -0.369 e. The van der Waals surface area contributed by atoms with Gasteiger partial charge < -0.3 is 25.6 Å². The normalized spacial score (nSPS) is 38.1. The molecule has 222 valence electrons. The average Bonchev–Trinajstić information content (AvgIpc) is 3.57. The van der Waals surface area contributed by atoms with Gasteiger partial charge in [0.15, 0.2) is 17.4 Å². The van der Waals surface area contributed by atoms with Crippen molar-refractivity contribution in [3.63, 3.8) is 0 Å². The first-order valence-electron chi connectivity index (χ1n) is 12.6. The molecule has 41 heavy (non-hydrogen) atoms. The number of nitrogens with zero attached hydrogens (tertiary/aromatic N) is 6. The molecule has 6 rings (SSSR count). The molecule has 0 radical (unpaired) electrons. The summed E-state index contributed by atoms with van der Waals surface area (Å²) in [6.07, 6.45) is 0.331. The van der Waals surface area contributed by atoms with E-state index in [1.165, 1.54) is 23.5 Å². The summed E-state index contributed by atoms with van der Waals surface area (Å²) in [5.74, 6) is -1.16. The lowest BCUT2D eigenvalue weighted by molar-refractivity contribution is -0.0547. The van der Waals surface area contributed by atoms with Crippen molar-refractivity contribution in [1.82, 2.24) is 34.5 Å². The lowest BCUT2D eigenvalue weighted by Crippen LogP contribution is -2.28. The Morgan fingerprint density at radius 3 is 2.59 bits per heavy atom. The summed E-state index contributed by atoms with van der Waals surface area (Å²) in [6.45, 7) is 0.876. The number of nitrogen functional groups attached to an aromatic ring is 1. The molecule has 2 aliphatic heterocycles. The molecular formula is C20H27N9O10P2. The highest BCUT2D eigenvalue weighted by Crippen LogP contribution is 2.54. The van der Waals surface area contributed by atoms with Gasteiger partial charge in [-0.25, -0.2) is 29.1 Å². The predicted octanol–water partition coefficient (Wildman–Crippen LogP) is 0.329. The van der Waals surface area contributed by atoms with Crippen LogP contribution in [-0.2, 0) is 32.0 Å². The Morgan fingerprint density at radius 1 is 1.07 bits per heavy atom. The van der Waals surface area contributed by atoms with E-state index < -0.39 is 64.2 Å². The molecule has 1 saturated carbocycles. The zero-order valence-corrected chi connectivity index (χ0v) is 23.2. The number of rotatable bonds is 3. The smallest absolute Gasteiger partial charge is 0.369 e. The van der Waals surface area contributed by atoms with E-state index in [2.05, 4.69) is 35.2 Å². The number of H-pyrrole nitrogens is 1. The molecule has 2 saturated heterocycles. The molecule has 1 aliphatic carbocycles. The zero-order valence-electron chi connectivity index (χ0n) is 21.4. The van der Waals surface area contributed by atoms with Gasteiger partial charge in [-0.05, 0) is 12.8 Å².